The van der Waals surface area contributed by atoms with Gasteiger partial charge in [-0.3, -0.25) is 9.69 Å². The zero-order valence-electron chi connectivity index (χ0n) is 12.2. The van der Waals surface area contributed by atoms with Gasteiger partial charge >= 0.3 is 0 Å². The number of hydrogen-bond acceptors (Lipinski definition) is 2. The minimum atomic E-state index is -0.290. The van der Waals surface area contributed by atoms with Crippen LogP contribution in [-0.2, 0) is 11.2 Å². The van der Waals surface area contributed by atoms with Crippen molar-refractivity contribution in [2.24, 2.45) is 0 Å². The molecule has 3 rings (SSSR count). The summed E-state index contributed by atoms with van der Waals surface area (Å²) in [6.45, 7) is 2.08. The summed E-state index contributed by atoms with van der Waals surface area (Å²) in [6, 6.07) is 4.95. The summed E-state index contributed by atoms with van der Waals surface area (Å²) < 4.78 is 14.1. The van der Waals surface area contributed by atoms with Gasteiger partial charge in [0.25, 0.3) is 0 Å². The standard InChI is InChI=1S/C17H21BrFNO/c18-16-13(6-5-7-14(16)19)12-15(21)17(8-1-2-9-17)20-10-3-4-11-20/h5-7H,1-4,8-12H2. The second kappa shape index (κ2) is 6.17. The Balaban J connectivity index is 1.83. The van der Waals surface area contributed by atoms with Crippen LogP contribution in [0.2, 0.25) is 0 Å². The number of benzene rings is 1. The van der Waals surface area contributed by atoms with E-state index in [1.165, 1.54) is 18.9 Å². The average molecular weight is 354 g/mol. The molecule has 1 heterocycles. The van der Waals surface area contributed by atoms with Crippen LogP contribution in [0.4, 0.5) is 4.39 Å². The summed E-state index contributed by atoms with van der Waals surface area (Å²) in [5.74, 6) is -0.0184. The predicted molar refractivity (Wildman–Crippen MR) is 84.8 cm³/mol. The third kappa shape index (κ3) is 2.80. The molecule has 0 radical (unpaired) electrons. The van der Waals surface area contributed by atoms with Crippen molar-refractivity contribution in [3.63, 3.8) is 0 Å². The van der Waals surface area contributed by atoms with Crippen LogP contribution in [0.15, 0.2) is 22.7 Å². The Hall–Kier alpha value is -0.740. The molecule has 0 unspecified atom stereocenters. The summed E-state index contributed by atoms with van der Waals surface area (Å²) in [5, 5.41) is 0. The Labute approximate surface area is 133 Å². The van der Waals surface area contributed by atoms with E-state index in [2.05, 4.69) is 20.8 Å². The molecule has 4 heteroatoms. The van der Waals surface area contributed by atoms with Crippen molar-refractivity contribution in [3.05, 3.63) is 34.1 Å². The quantitative estimate of drug-likeness (QED) is 0.811. The molecular weight excluding hydrogens is 333 g/mol. The molecule has 1 saturated heterocycles. The highest BCUT2D eigenvalue weighted by atomic mass is 79.9. The third-order valence-electron chi connectivity index (χ3n) is 5.04. The van der Waals surface area contributed by atoms with Gasteiger partial charge in [-0.25, -0.2) is 4.39 Å². The van der Waals surface area contributed by atoms with Gasteiger partial charge in [-0.05, 0) is 66.3 Å². The Kier molecular flexibility index (Phi) is 4.46. The molecular formula is C17H21BrFNO. The first-order valence-electron chi connectivity index (χ1n) is 7.85. The Bertz CT molecular complexity index is 534. The van der Waals surface area contributed by atoms with Crippen molar-refractivity contribution in [2.75, 3.05) is 13.1 Å². The van der Waals surface area contributed by atoms with E-state index >= 15 is 0 Å². The third-order valence-corrected chi connectivity index (χ3v) is 5.93. The van der Waals surface area contributed by atoms with Crippen LogP contribution >= 0.6 is 15.9 Å². The van der Waals surface area contributed by atoms with Gasteiger partial charge in [0.15, 0.2) is 5.78 Å². The van der Waals surface area contributed by atoms with Crippen molar-refractivity contribution in [1.29, 1.82) is 0 Å². The maximum atomic E-state index is 13.6. The van der Waals surface area contributed by atoms with E-state index in [-0.39, 0.29) is 17.1 Å². The van der Waals surface area contributed by atoms with Crippen LogP contribution in [0.3, 0.4) is 0 Å². The minimum absolute atomic E-state index is 0.271. The number of carbonyl (C=O) groups excluding carboxylic acids is 1. The van der Waals surface area contributed by atoms with Crippen LogP contribution in [0.5, 0.6) is 0 Å². The lowest BCUT2D eigenvalue weighted by Gasteiger charge is -2.37. The van der Waals surface area contributed by atoms with E-state index in [1.807, 2.05) is 6.07 Å². The van der Waals surface area contributed by atoms with Crippen LogP contribution in [0.25, 0.3) is 0 Å². The molecule has 2 nitrogen and oxygen atoms in total. The van der Waals surface area contributed by atoms with Gasteiger partial charge in [0.05, 0.1) is 10.0 Å². The molecule has 0 atom stereocenters. The number of nitrogens with zero attached hydrogens (tertiary/aromatic N) is 1. The first kappa shape index (κ1) is 15.2. The predicted octanol–water partition coefficient (Wildman–Crippen LogP) is 4.11. The molecule has 21 heavy (non-hydrogen) atoms. The van der Waals surface area contributed by atoms with Crippen LogP contribution in [0, 0.1) is 5.82 Å². The maximum Gasteiger partial charge on any atom is 0.157 e. The van der Waals surface area contributed by atoms with E-state index in [4.69, 9.17) is 0 Å². The smallest absolute Gasteiger partial charge is 0.157 e. The molecule has 0 spiro atoms. The van der Waals surface area contributed by atoms with Gasteiger partial charge in [-0.15, -0.1) is 0 Å². The number of rotatable bonds is 4. The lowest BCUT2D eigenvalue weighted by molar-refractivity contribution is -0.129. The van der Waals surface area contributed by atoms with Gasteiger partial charge < -0.3 is 0 Å². The van der Waals surface area contributed by atoms with Gasteiger partial charge in [-0.2, -0.15) is 0 Å². The lowest BCUT2D eigenvalue weighted by Crippen LogP contribution is -2.52. The van der Waals surface area contributed by atoms with Crippen molar-refractivity contribution < 1.29 is 9.18 Å². The van der Waals surface area contributed by atoms with E-state index in [1.54, 1.807) is 6.07 Å². The second-order valence-electron chi connectivity index (χ2n) is 6.25. The lowest BCUT2D eigenvalue weighted by atomic mass is 9.86. The Morgan fingerprint density at radius 1 is 1.19 bits per heavy atom. The van der Waals surface area contributed by atoms with Gasteiger partial charge in [0, 0.05) is 6.42 Å². The number of carbonyl (C=O) groups is 1. The molecule has 1 aromatic rings. The van der Waals surface area contributed by atoms with E-state index in [0.717, 1.165) is 44.3 Å². The van der Waals surface area contributed by atoms with E-state index in [0.29, 0.717) is 10.9 Å². The zero-order valence-corrected chi connectivity index (χ0v) is 13.8. The number of halogens is 2. The Morgan fingerprint density at radius 3 is 2.52 bits per heavy atom. The first-order valence-corrected chi connectivity index (χ1v) is 8.64. The van der Waals surface area contributed by atoms with Crippen molar-refractivity contribution in [3.8, 4) is 0 Å². The molecule has 1 aromatic carbocycles. The van der Waals surface area contributed by atoms with Gasteiger partial charge in [0.1, 0.15) is 5.82 Å². The fourth-order valence-electron chi connectivity index (χ4n) is 3.90. The Morgan fingerprint density at radius 2 is 1.86 bits per heavy atom. The van der Waals surface area contributed by atoms with Gasteiger partial charge in [0.2, 0.25) is 0 Å². The molecule has 0 bridgehead atoms. The molecule has 0 amide bonds. The largest absolute Gasteiger partial charge is 0.297 e. The normalized spacial score (nSPS) is 21.8. The topological polar surface area (TPSA) is 20.3 Å². The number of ketones is 1. The molecule has 1 saturated carbocycles. The molecule has 0 N–H and O–H groups in total. The molecule has 114 valence electrons. The monoisotopic (exact) mass is 353 g/mol. The van der Waals surface area contributed by atoms with Crippen molar-refractivity contribution in [1.82, 2.24) is 4.90 Å². The first-order chi connectivity index (χ1) is 10.1. The fourth-order valence-corrected chi connectivity index (χ4v) is 4.30. The number of likely N-dealkylation sites (tertiary alicyclic amines) is 1. The summed E-state index contributed by atoms with van der Waals surface area (Å²) in [5.41, 5.74) is 0.493. The maximum absolute atomic E-state index is 13.6. The second-order valence-corrected chi connectivity index (χ2v) is 7.04. The molecule has 1 aliphatic heterocycles. The zero-order chi connectivity index (χ0) is 14.9. The molecule has 0 aromatic heterocycles. The van der Waals surface area contributed by atoms with Crippen LogP contribution in [0.1, 0.15) is 44.1 Å². The van der Waals surface area contributed by atoms with Crippen molar-refractivity contribution >= 4 is 21.7 Å². The molecule has 2 fully saturated rings. The highest BCUT2D eigenvalue weighted by Crippen LogP contribution is 2.39. The van der Waals surface area contributed by atoms with Crippen molar-refractivity contribution in [2.45, 2.75) is 50.5 Å². The van der Waals surface area contributed by atoms with E-state index < -0.39 is 0 Å². The highest BCUT2D eigenvalue weighted by Gasteiger charge is 2.46. The van der Waals surface area contributed by atoms with E-state index in [9.17, 15) is 9.18 Å². The van der Waals surface area contributed by atoms with Gasteiger partial charge in [-0.1, -0.05) is 25.0 Å². The molecule has 2 aliphatic rings. The minimum Gasteiger partial charge on any atom is -0.297 e. The number of hydrogen-bond donors (Lipinski definition) is 0. The summed E-state index contributed by atoms with van der Waals surface area (Å²) in [7, 11) is 0. The summed E-state index contributed by atoms with van der Waals surface area (Å²) in [4.78, 5) is 15.4. The van der Waals surface area contributed by atoms with Crippen LogP contribution in [-0.4, -0.2) is 29.3 Å². The SMILES string of the molecule is O=C(Cc1cccc(F)c1Br)C1(N2CCCC2)CCCC1. The summed E-state index contributed by atoms with van der Waals surface area (Å²) >= 11 is 3.28. The highest BCUT2D eigenvalue weighted by molar-refractivity contribution is 9.10. The summed E-state index contributed by atoms with van der Waals surface area (Å²) in [6.07, 6.45) is 6.92. The average Bonchev–Trinajstić information content (AvgIpc) is 3.14. The van der Waals surface area contributed by atoms with Crippen LogP contribution < -0.4 is 0 Å². The fraction of sp³-hybridized carbons (Fsp3) is 0.588. The number of Topliss-reactive ketones (excluding diaryl/α,β-unsaturated/α-hetero) is 1. The molecule has 1 aliphatic carbocycles.